The highest BCUT2D eigenvalue weighted by Crippen LogP contribution is 2.45. The lowest BCUT2D eigenvalue weighted by Gasteiger charge is -2.35. The van der Waals surface area contributed by atoms with E-state index in [4.69, 9.17) is 0 Å². The lowest BCUT2D eigenvalue weighted by Crippen LogP contribution is -3.00. The van der Waals surface area contributed by atoms with E-state index in [1.807, 2.05) is 23.5 Å². The summed E-state index contributed by atoms with van der Waals surface area (Å²) in [6, 6.07) is 39.6. The molecule has 65 heavy (non-hydrogen) atoms. The van der Waals surface area contributed by atoms with Crippen LogP contribution in [0, 0.1) is 0 Å². The van der Waals surface area contributed by atoms with Gasteiger partial charge in [-0.15, -0.1) is 0 Å². The molecule has 0 saturated heterocycles. The topological polar surface area (TPSA) is 14.2 Å². The Hall–Kier alpha value is -2.20. The molecule has 0 unspecified atom stereocenters. The SMILES string of the molecule is CN1C(=CC=Cc2cc[n+](CCC[N+](C)(CCC[n+]3ccc(C=CC=C4Sc5ccccc5N4C)c4ccccc43)CCC[N+](C)(C)C)c3ccccc23)Sc2ccccc21.[I-].[I-].[I-].[I-]. The zero-order chi connectivity index (χ0) is 42.4. The number of aryl methyl sites for hydroxylation is 2. The number of quaternary nitrogens is 2. The number of allylic oxidation sites excluding steroid dienone is 4. The average molecular weight is 1350 g/mol. The van der Waals surface area contributed by atoms with Gasteiger partial charge in [-0.25, -0.2) is 0 Å². The Balaban J connectivity index is 0.00000231. The Bertz CT molecular complexity index is 2490. The summed E-state index contributed by atoms with van der Waals surface area (Å²) in [5, 5.41) is 5.08. The number of hydrogen-bond donors (Lipinski definition) is 0. The zero-order valence-electron chi connectivity index (χ0n) is 38.4. The molecular formula is C53H62I4N6S2. The van der Waals surface area contributed by atoms with Crippen LogP contribution in [-0.4, -0.2) is 77.4 Å². The van der Waals surface area contributed by atoms with Crippen molar-refractivity contribution in [2.24, 2.45) is 0 Å². The van der Waals surface area contributed by atoms with Crippen LogP contribution in [0.25, 0.3) is 34.0 Å². The summed E-state index contributed by atoms with van der Waals surface area (Å²) in [7, 11) is 13.8. The molecule has 0 atom stereocenters. The molecule has 0 radical (unpaired) electrons. The number of aromatic nitrogens is 2. The molecular weight excluding hydrogens is 1290 g/mol. The number of para-hydroxylation sites is 4. The van der Waals surface area contributed by atoms with Crippen molar-refractivity contribution in [2.75, 3.05) is 78.3 Å². The maximum Gasteiger partial charge on any atom is 0.213 e. The molecule has 0 fully saturated rings. The third-order valence-electron chi connectivity index (χ3n) is 12.2. The van der Waals surface area contributed by atoms with E-state index in [9.17, 15) is 0 Å². The Kier molecular flexibility index (Phi) is 21.7. The molecule has 12 heteroatoms. The predicted molar refractivity (Wildman–Crippen MR) is 261 cm³/mol. The van der Waals surface area contributed by atoms with Gasteiger partial charge in [0.2, 0.25) is 11.0 Å². The molecule has 0 saturated carbocycles. The molecule has 0 aliphatic carbocycles. The van der Waals surface area contributed by atoms with Gasteiger partial charge in [0.05, 0.1) is 99.4 Å². The van der Waals surface area contributed by atoms with Crippen LogP contribution in [0.5, 0.6) is 0 Å². The fourth-order valence-electron chi connectivity index (χ4n) is 8.81. The highest BCUT2D eigenvalue weighted by molar-refractivity contribution is 8.04. The van der Waals surface area contributed by atoms with Gasteiger partial charge in [-0.2, -0.15) is 9.13 Å². The van der Waals surface area contributed by atoms with Crippen LogP contribution in [0.2, 0.25) is 0 Å². The van der Waals surface area contributed by atoms with Crippen molar-refractivity contribution < 1.29 is 114 Å². The van der Waals surface area contributed by atoms with Gasteiger partial charge in [0.1, 0.15) is 0 Å². The first-order valence-corrected chi connectivity index (χ1v) is 23.4. The molecule has 4 aromatic carbocycles. The Morgan fingerprint density at radius 3 is 1.32 bits per heavy atom. The van der Waals surface area contributed by atoms with Crippen molar-refractivity contribution in [2.45, 2.75) is 42.1 Å². The molecule has 2 aliphatic rings. The number of anilines is 2. The van der Waals surface area contributed by atoms with Crippen LogP contribution in [0.4, 0.5) is 11.4 Å². The Labute approximate surface area is 465 Å². The van der Waals surface area contributed by atoms with Crippen molar-refractivity contribution in [3.63, 3.8) is 0 Å². The van der Waals surface area contributed by atoms with E-state index < -0.39 is 0 Å². The quantitative estimate of drug-likeness (QED) is 0.0689. The number of fused-ring (bicyclic) bond motifs is 4. The van der Waals surface area contributed by atoms with Crippen LogP contribution in [-0.2, 0) is 13.1 Å². The third-order valence-corrected chi connectivity index (χ3v) is 14.6. The largest absolute Gasteiger partial charge is 1.00 e. The summed E-state index contributed by atoms with van der Waals surface area (Å²) in [6.07, 6.45) is 21.5. The molecule has 344 valence electrons. The highest BCUT2D eigenvalue weighted by atomic mass is 127. The van der Waals surface area contributed by atoms with Gasteiger partial charge in [-0.05, 0) is 59.7 Å². The summed E-state index contributed by atoms with van der Waals surface area (Å²) >= 11 is 3.67. The number of thioether (sulfide) groups is 2. The molecule has 0 N–H and O–H groups in total. The number of pyridine rings is 2. The van der Waals surface area contributed by atoms with E-state index in [-0.39, 0.29) is 95.9 Å². The second-order valence-electron chi connectivity index (χ2n) is 17.8. The van der Waals surface area contributed by atoms with E-state index in [1.165, 1.54) is 83.7 Å². The monoisotopic (exact) mass is 1350 g/mol. The van der Waals surface area contributed by atoms with Crippen LogP contribution in [0.1, 0.15) is 30.4 Å². The van der Waals surface area contributed by atoms with Crippen molar-refractivity contribution in [1.29, 1.82) is 0 Å². The van der Waals surface area contributed by atoms with Gasteiger partial charge in [0.25, 0.3) is 0 Å². The molecule has 0 amide bonds. The highest BCUT2D eigenvalue weighted by Gasteiger charge is 2.26. The van der Waals surface area contributed by atoms with E-state index >= 15 is 0 Å². The minimum absolute atomic E-state index is 0. The normalized spacial score (nSPS) is 15.5. The molecule has 6 nitrogen and oxygen atoms in total. The summed E-state index contributed by atoms with van der Waals surface area (Å²) in [5.41, 5.74) is 7.64. The summed E-state index contributed by atoms with van der Waals surface area (Å²) < 4.78 is 7.04. The van der Waals surface area contributed by atoms with Crippen LogP contribution < -0.4 is 115 Å². The van der Waals surface area contributed by atoms with E-state index in [2.05, 4.69) is 219 Å². The molecule has 4 heterocycles. The lowest BCUT2D eigenvalue weighted by molar-refractivity contribution is -0.920. The van der Waals surface area contributed by atoms with Gasteiger partial charge >= 0.3 is 0 Å². The first-order chi connectivity index (χ1) is 29.6. The fourth-order valence-corrected chi connectivity index (χ4v) is 10.9. The Morgan fingerprint density at radius 2 is 0.892 bits per heavy atom. The standard InChI is InChI=1S/C53H62N6S2.4HI/c1-54-48-26-11-13-28-50(48)60-52(54)30-15-20-42-32-36-56(46-24-9-7-22-44(42)46)34-17-39-59(6,41-19-38-58(3,4)5)40-18-35-57-37-33-43(45-23-8-10-25-47(45)57)21-16-31-53-55(2)49-27-12-14-29-51(49)61-53;;;;/h7-16,20-33,36-37H,17-19,34-35,38-41H2,1-6H3;4*1H/q+4;;;;/p-4. The molecule has 8 rings (SSSR count). The minimum Gasteiger partial charge on any atom is -1.00 e. The number of nitrogens with zero attached hydrogens (tertiary/aromatic N) is 6. The molecule has 2 aliphatic heterocycles. The van der Waals surface area contributed by atoms with Crippen molar-refractivity contribution in [1.82, 2.24) is 0 Å². The smallest absolute Gasteiger partial charge is 0.213 e. The minimum atomic E-state index is 0. The van der Waals surface area contributed by atoms with Crippen LogP contribution in [0.15, 0.2) is 166 Å². The van der Waals surface area contributed by atoms with Crippen molar-refractivity contribution >= 4 is 68.9 Å². The third kappa shape index (κ3) is 14.0. The number of benzene rings is 4. The Morgan fingerprint density at radius 1 is 0.492 bits per heavy atom. The van der Waals surface area contributed by atoms with Crippen LogP contribution in [0.3, 0.4) is 0 Å². The number of halogens is 4. The van der Waals surface area contributed by atoms with E-state index in [1.54, 1.807) is 0 Å². The number of rotatable bonds is 16. The molecule has 2 aromatic heterocycles. The fraction of sp³-hybridized carbons (Fsp3) is 0.283. The first kappa shape index (κ1) is 55.4. The van der Waals surface area contributed by atoms with Gasteiger partial charge in [0.15, 0.2) is 25.5 Å². The van der Waals surface area contributed by atoms with Gasteiger partial charge < -0.3 is 115 Å². The van der Waals surface area contributed by atoms with E-state index in [0.29, 0.717) is 0 Å². The second-order valence-corrected chi connectivity index (χ2v) is 19.9. The van der Waals surface area contributed by atoms with Crippen LogP contribution >= 0.6 is 23.5 Å². The molecule has 0 spiro atoms. The van der Waals surface area contributed by atoms with E-state index in [0.717, 1.165) is 48.0 Å². The van der Waals surface area contributed by atoms with Gasteiger partial charge in [0, 0.05) is 54.6 Å². The van der Waals surface area contributed by atoms with Crippen molar-refractivity contribution in [3.05, 3.63) is 167 Å². The first-order valence-electron chi connectivity index (χ1n) is 21.8. The summed E-state index contributed by atoms with van der Waals surface area (Å²) in [6.45, 7) is 6.71. The maximum absolute atomic E-state index is 2.50. The van der Waals surface area contributed by atoms with Crippen molar-refractivity contribution in [3.8, 4) is 0 Å². The summed E-state index contributed by atoms with van der Waals surface area (Å²) in [4.78, 5) is 7.18. The molecule has 0 bridgehead atoms. The maximum atomic E-state index is 2.50. The summed E-state index contributed by atoms with van der Waals surface area (Å²) in [5.74, 6) is 0. The lowest BCUT2D eigenvalue weighted by atomic mass is 10.1. The second kappa shape index (κ2) is 25.4. The average Bonchev–Trinajstić information content (AvgIpc) is 3.76. The molecule has 6 aromatic rings. The van der Waals surface area contributed by atoms with Gasteiger partial charge in [-0.3, -0.25) is 0 Å². The number of hydrogen-bond acceptors (Lipinski definition) is 4. The van der Waals surface area contributed by atoms with Gasteiger partial charge in [-0.1, -0.05) is 96.4 Å². The zero-order valence-corrected chi connectivity index (χ0v) is 48.6. The predicted octanol–water partition coefficient (Wildman–Crippen LogP) is -1.20.